The molecule has 1 atom stereocenters. The molecule has 2 rings (SSSR count). The molecular formula is C19H20N2O5. The highest BCUT2D eigenvalue weighted by Crippen LogP contribution is 2.23. The lowest BCUT2D eigenvalue weighted by molar-refractivity contribution is -0.385. The number of nitro groups is 1. The lowest BCUT2D eigenvalue weighted by Crippen LogP contribution is -2.30. The maximum Gasteiger partial charge on any atom is 0.345 e. The summed E-state index contributed by atoms with van der Waals surface area (Å²) in [5.41, 5.74) is 2.97. The van der Waals surface area contributed by atoms with Gasteiger partial charge in [0.1, 0.15) is 5.56 Å². The highest BCUT2D eigenvalue weighted by Gasteiger charge is 2.25. The Bertz CT molecular complexity index is 853. The molecule has 1 N–H and O–H groups in total. The van der Waals surface area contributed by atoms with Crippen molar-refractivity contribution < 1.29 is 19.2 Å². The molecular weight excluding hydrogens is 336 g/mol. The largest absolute Gasteiger partial charge is 0.449 e. The third-order valence-electron chi connectivity index (χ3n) is 3.90. The number of aryl methyl sites for hydroxylation is 3. The van der Waals surface area contributed by atoms with Gasteiger partial charge in [0.25, 0.3) is 11.6 Å². The van der Waals surface area contributed by atoms with E-state index in [4.69, 9.17) is 4.74 Å². The van der Waals surface area contributed by atoms with Crippen LogP contribution >= 0.6 is 0 Å². The van der Waals surface area contributed by atoms with E-state index in [9.17, 15) is 19.7 Å². The Morgan fingerprint density at radius 3 is 2.27 bits per heavy atom. The summed E-state index contributed by atoms with van der Waals surface area (Å²) in [4.78, 5) is 34.9. The predicted octanol–water partition coefficient (Wildman–Crippen LogP) is 3.70. The van der Waals surface area contributed by atoms with Crippen molar-refractivity contribution in [1.82, 2.24) is 0 Å². The fourth-order valence-electron chi connectivity index (χ4n) is 2.69. The van der Waals surface area contributed by atoms with Gasteiger partial charge >= 0.3 is 5.97 Å². The Morgan fingerprint density at radius 2 is 1.69 bits per heavy atom. The lowest BCUT2D eigenvalue weighted by Gasteiger charge is -2.17. The molecule has 0 aliphatic carbocycles. The number of carbonyl (C=O) groups excluding carboxylic acids is 2. The van der Waals surface area contributed by atoms with E-state index < -0.39 is 22.9 Å². The molecule has 2 aromatic carbocycles. The van der Waals surface area contributed by atoms with Crippen LogP contribution in [0.3, 0.4) is 0 Å². The summed E-state index contributed by atoms with van der Waals surface area (Å²) < 4.78 is 5.11. The van der Waals surface area contributed by atoms with Crippen LogP contribution in [0.4, 0.5) is 11.4 Å². The third-order valence-corrected chi connectivity index (χ3v) is 3.90. The number of hydrogen-bond donors (Lipinski definition) is 1. The van der Waals surface area contributed by atoms with Crippen molar-refractivity contribution in [3.05, 3.63) is 68.8 Å². The van der Waals surface area contributed by atoms with Crippen molar-refractivity contribution in [2.75, 3.05) is 5.32 Å². The van der Waals surface area contributed by atoms with Gasteiger partial charge in [0, 0.05) is 11.8 Å². The van der Waals surface area contributed by atoms with Gasteiger partial charge in [-0.15, -0.1) is 0 Å². The maximum absolute atomic E-state index is 12.4. The van der Waals surface area contributed by atoms with Gasteiger partial charge in [0.05, 0.1) is 4.92 Å². The molecule has 7 heteroatoms. The van der Waals surface area contributed by atoms with Crippen LogP contribution in [0.15, 0.2) is 36.4 Å². The quantitative estimate of drug-likeness (QED) is 0.500. The molecule has 0 spiro atoms. The van der Waals surface area contributed by atoms with Gasteiger partial charge in [-0.3, -0.25) is 14.9 Å². The van der Waals surface area contributed by atoms with E-state index in [2.05, 4.69) is 5.32 Å². The average Bonchev–Trinajstić information content (AvgIpc) is 2.57. The number of esters is 1. The number of rotatable bonds is 5. The van der Waals surface area contributed by atoms with E-state index in [1.54, 1.807) is 0 Å². The first-order chi connectivity index (χ1) is 12.2. The number of carbonyl (C=O) groups is 2. The minimum atomic E-state index is -1.11. The minimum absolute atomic E-state index is 0.195. The zero-order chi connectivity index (χ0) is 19.4. The van der Waals surface area contributed by atoms with Crippen LogP contribution in [0.1, 0.15) is 34.0 Å². The number of nitrogens with one attached hydrogen (secondary N) is 1. The Morgan fingerprint density at radius 1 is 1.12 bits per heavy atom. The second-order valence-corrected chi connectivity index (χ2v) is 6.08. The number of nitro benzene ring substituents is 1. The van der Waals surface area contributed by atoms with Crippen LogP contribution in [0, 0.1) is 30.9 Å². The fraction of sp³-hybridized carbons (Fsp3) is 0.263. The highest BCUT2D eigenvalue weighted by molar-refractivity contribution is 5.99. The number of nitrogens with zero attached hydrogens (tertiary/aromatic N) is 1. The molecule has 136 valence electrons. The van der Waals surface area contributed by atoms with E-state index in [1.165, 1.54) is 31.2 Å². The fourth-order valence-corrected chi connectivity index (χ4v) is 2.69. The zero-order valence-electron chi connectivity index (χ0n) is 15.0. The molecule has 26 heavy (non-hydrogen) atoms. The Hall–Kier alpha value is -3.22. The molecule has 0 saturated carbocycles. The summed E-state index contributed by atoms with van der Waals surface area (Å²) >= 11 is 0. The standard InChI is InChI=1S/C19H20N2O5/c1-11-9-12(2)17(13(3)10-11)20-18(22)14(4)26-19(23)15-7-5-6-8-16(15)21(24)25/h5-10,14H,1-4H3,(H,20,22)/t14-/m1/s1. The maximum atomic E-state index is 12.4. The van der Waals surface area contributed by atoms with E-state index in [0.29, 0.717) is 5.69 Å². The molecule has 0 unspecified atom stereocenters. The normalized spacial score (nSPS) is 11.5. The number of hydrogen-bond acceptors (Lipinski definition) is 5. The van der Waals surface area contributed by atoms with E-state index in [-0.39, 0.29) is 11.3 Å². The molecule has 7 nitrogen and oxygen atoms in total. The number of para-hydroxylation sites is 1. The molecule has 0 radical (unpaired) electrons. The Balaban J connectivity index is 2.13. The number of ether oxygens (including phenoxy) is 1. The van der Waals surface area contributed by atoms with Gasteiger partial charge in [-0.25, -0.2) is 4.79 Å². The molecule has 0 saturated heterocycles. The molecule has 0 heterocycles. The third kappa shape index (κ3) is 4.24. The van der Waals surface area contributed by atoms with Crippen molar-refractivity contribution in [3.8, 4) is 0 Å². The number of benzene rings is 2. The van der Waals surface area contributed by atoms with Crippen LogP contribution in [-0.4, -0.2) is 22.9 Å². The first kappa shape index (κ1) is 19.1. The van der Waals surface area contributed by atoms with Crippen LogP contribution < -0.4 is 5.32 Å². The van der Waals surface area contributed by atoms with E-state index in [1.807, 2.05) is 32.9 Å². The van der Waals surface area contributed by atoms with Crippen molar-refractivity contribution in [1.29, 1.82) is 0 Å². The van der Waals surface area contributed by atoms with Crippen molar-refractivity contribution in [3.63, 3.8) is 0 Å². The number of amides is 1. The minimum Gasteiger partial charge on any atom is -0.449 e. The van der Waals surface area contributed by atoms with Crippen LogP contribution in [0.25, 0.3) is 0 Å². The van der Waals surface area contributed by atoms with E-state index in [0.717, 1.165) is 16.7 Å². The molecule has 1 amide bonds. The van der Waals surface area contributed by atoms with Crippen LogP contribution in [0.5, 0.6) is 0 Å². The van der Waals surface area contributed by atoms with Gasteiger partial charge in [-0.1, -0.05) is 29.8 Å². The highest BCUT2D eigenvalue weighted by atomic mass is 16.6. The van der Waals surface area contributed by atoms with Crippen molar-refractivity contribution in [2.24, 2.45) is 0 Å². The van der Waals surface area contributed by atoms with Gasteiger partial charge in [0.2, 0.25) is 0 Å². The van der Waals surface area contributed by atoms with Crippen molar-refractivity contribution >= 4 is 23.3 Å². The number of anilines is 1. The second-order valence-electron chi connectivity index (χ2n) is 6.08. The molecule has 0 aliphatic heterocycles. The lowest BCUT2D eigenvalue weighted by atomic mass is 10.0. The summed E-state index contributed by atoms with van der Waals surface area (Å²) in [5, 5.41) is 13.8. The molecule has 0 bridgehead atoms. The summed E-state index contributed by atoms with van der Waals surface area (Å²) in [6, 6.07) is 9.32. The topological polar surface area (TPSA) is 98.5 Å². The molecule has 2 aromatic rings. The second kappa shape index (κ2) is 7.77. The smallest absolute Gasteiger partial charge is 0.345 e. The summed E-state index contributed by atoms with van der Waals surface area (Å²) in [6.07, 6.45) is -1.11. The van der Waals surface area contributed by atoms with Crippen LogP contribution in [0.2, 0.25) is 0 Å². The molecule has 0 fully saturated rings. The Kier molecular flexibility index (Phi) is 5.71. The predicted molar refractivity (Wildman–Crippen MR) is 97.3 cm³/mol. The van der Waals surface area contributed by atoms with Gasteiger partial charge in [0.15, 0.2) is 6.10 Å². The van der Waals surface area contributed by atoms with Crippen molar-refractivity contribution in [2.45, 2.75) is 33.8 Å². The first-order valence-electron chi connectivity index (χ1n) is 8.03. The van der Waals surface area contributed by atoms with E-state index >= 15 is 0 Å². The van der Waals surface area contributed by atoms with Gasteiger partial charge < -0.3 is 10.1 Å². The average molecular weight is 356 g/mol. The monoisotopic (exact) mass is 356 g/mol. The van der Waals surface area contributed by atoms with Gasteiger partial charge in [-0.2, -0.15) is 0 Å². The summed E-state index contributed by atoms with van der Waals surface area (Å²) in [5.74, 6) is -1.43. The molecule has 0 aliphatic rings. The zero-order valence-corrected chi connectivity index (χ0v) is 15.0. The molecule has 0 aromatic heterocycles. The summed E-state index contributed by atoms with van der Waals surface area (Å²) in [6.45, 7) is 7.13. The first-order valence-corrected chi connectivity index (χ1v) is 8.03. The Labute approximate surface area is 151 Å². The summed E-state index contributed by atoms with van der Waals surface area (Å²) in [7, 11) is 0. The van der Waals surface area contributed by atoms with Crippen LogP contribution in [-0.2, 0) is 9.53 Å². The SMILES string of the molecule is Cc1cc(C)c(NC(=O)[C@@H](C)OC(=O)c2ccccc2[N+](=O)[O-])c(C)c1. The van der Waals surface area contributed by atoms with Gasteiger partial charge in [-0.05, 0) is 44.9 Å².